The van der Waals surface area contributed by atoms with E-state index in [9.17, 15) is 4.79 Å². The number of fused-ring (bicyclic) bond motifs is 4. The van der Waals surface area contributed by atoms with Gasteiger partial charge in [-0.15, -0.1) is 11.3 Å². The molecule has 3 aromatic heterocycles. The molecule has 0 bridgehead atoms. The summed E-state index contributed by atoms with van der Waals surface area (Å²) in [6, 6.07) is 6.18. The van der Waals surface area contributed by atoms with Crippen molar-refractivity contribution in [1.82, 2.24) is 29.2 Å². The van der Waals surface area contributed by atoms with Gasteiger partial charge in [-0.3, -0.25) is 14.3 Å². The normalized spacial score (nSPS) is 16.9. The van der Waals surface area contributed by atoms with Gasteiger partial charge in [0.05, 0.1) is 25.5 Å². The molecule has 35 heavy (non-hydrogen) atoms. The Morgan fingerprint density at radius 1 is 1.23 bits per heavy atom. The summed E-state index contributed by atoms with van der Waals surface area (Å²) in [6.45, 7) is 4.87. The molecule has 0 amide bonds. The second kappa shape index (κ2) is 8.82. The van der Waals surface area contributed by atoms with Crippen LogP contribution in [0.4, 0.5) is 0 Å². The molecule has 0 saturated heterocycles. The number of rotatable bonds is 5. The number of hydrogen-bond donors (Lipinski definition) is 1. The molecule has 182 valence electrons. The van der Waals surface area contributed by atoms with Crippen molar-refractivity contribution in [3.8, 4) is 5.75 Å². The van der Waals surface area contributed by atoms with E-state index in [-0.39, 0.29) is 5.56 Å². The highest BCUT2D eigenvalue weighted by molar-refractivity contribution is 7.18. The van der Waals surface area contributed by atoms with E-state index >= 15 is 0 Å². The first-order valence-electron chi connectivity index (χ1n) is 12.0. The van der Waals surface area contributed by atoms with Gasteiger partial charge in [0, 0.05) is 73.0 Å². The van der Waals surface area contributed by atoms with Crippen LogP contribution in [-0.2, 0) is 26.6 Å². The van der Waals surface area contributed by atoms with Crippen molar-refractivity contribution in [2.24, 2.45) is 7.05 Å². The first-order chi connectivity index (χ1) is 17.0. The number of methoxy groups -OCH3 is 1. The van der Waals surface area contributed by atoms with Crippen molar-refractivity contribution in [3.63, 3.8) is 0 Å². The van der Waals surface area contributed by atoms with Crippen molar-refractivity contribution < 1.29 is 4.74 Å². The molecular formula is C26H30N6O2S. The number of benzene rings is 1. The third kappa shape index (κ3) is 3.93. The largest absolute Gasteiger partial charge is 0.497 e. The Bertz CT molecular complexity index is 1510. The smallest absolute Gasteiger partial charge is 0.262 e. The Labute approximate surface area is 208 Å². The Kier molecular flexibility index (Phi) is 5.63. The quantitative estimate of drug-likeness (QED) is 0.464. The minimum absolute atomic E-state index is 0.1000. The van der Waals surface area contributed by atoms with Gasteiger partial charge in [-0.25, -0.2) is 4.98 Å². The van der Waals surface area contributed by atoms with E-state index in [1.54, 1.807) is 29.3 Å². The molecule has 4 aromatic rings. The van der Waals surface area contributed by atoms with Gasteiger partial charge in [0.15, 0.2) is 0 Å². The van der Waals surface area contributed by atoms with Gasteiger partial charge in [-0.2, -0.15) is 0 Å². The number of nitrogens with zero attached hydrogens (tertiary/aromatic N) is 5. The lowest BCUT2D eigenvalue weighted by molar-refractivity contribution is 0.272. The summed E-state index contributed by atoms with van der Waals surface area (Å²) < 4.78 is 9.37. The van der Waals surface area contributed by atoms with Crippen molar-refractivity contribution in [3.05, 3.63) is 63.2 Å². The Balaban J connectivity index is 1.18. The molecule has 0 unspecified atom stereocenters. The standard InChI is InChI=1S/C26H30N6O2S/c1-29-8-6-18-23(14-29)35-25-24(18)26(33)32(16-28-25)11-10-31-9-7-21(27-15-31)20-13-30(2)22-5-4-17(34-3)12-19(20)22/h4-5,7,12-13,16,27H,6,8-11,14-15H2,1-3H3. The highest BCUT2D eigenvalue weighted by atomic mass is 32.1. The predicted molar refractivity (Wildman–Crippen MR) is 141 cm³/mol. The molecule has 2 aliphatic rings. The Morgan fingerprint density at radius 3 is 2.91 bits per heavy atom. The van der Waals surface area contributed by atoms with Gasteiger partial charge in [0.25, 0.3) is 5.56 Å². The molecule has 8 nitrogen and oxygen atoms in total. The Hall–Kier alpha value is -3.14. The van der Waals surface area contributed by atoms with E-state index in [0.29, 0.717) is 6.54 Å². The summed E-state index contributed by atoms with van der Waals surface area (Å²) in [6.07, 6.45) is 7.04. The maximum absolute atomic E-state index is 13.3. The molecule has 0 atom stereocenters. The predicted octanol–water partition coefficient (Wildman–Crippen LogP) is 2.85. The number of aromatic nitrogens is 3. The number of aryl methyl sites for hydroxylation is 1. The molecule has 1 N–H and O–H groups in total. The second-order valence-corrected chi connectivity index (χ2v) is 10.6. The van der Waals surface area contributed by atoms with Crippen molar-refractivity contribution in [2.45, 2.75) is 19.5 Å². The molecule has 0 aliphatic carbocycles. The van der Waals surface area contributed by atoms with Crippen LogP contribution in [0.2, 0.25) is 0 Å². The molecule has 5 heterocycles. The number of hydrogen-bond acceptors (Lipinski definition) is 7. The van der Waals surface area contributed by atoms with Crippen LogP contribution in [-0.4, -0.2) is 64.4 Å². The summed E-state index contributed by atoms with van der Waals surface area (Å²) in [7, 11) is 5.90. The average molecular weight is 491 g/mol. The molecule has 1 aromatic carbocycles. The lowest BCUT2D eigenvalue weighted by Gasteiger charge is -2.28. The summed E-state index contributed by atoms with van der Waals surface area (Å²) in [5.74, 6) is 0.859. The van der Waals surface area contributed by atoms with Gasteiger partial charge >= 0.3 is 0 Å². The molecule has 0 radical (unpaired) electrons. The van der Waals surface area contributed by atoms with E-state index in [1.807, 2.05) is 6.07 Å². The lowest BCUT2D eigenvalue weighted by Crippen LogP contribution is -2.40. The third-order valence-corrected chi connectivity index (χ3v) is 8.33. The first-order valence-corrected chi connectivity index (χ1v) is 12.8. The fraction of sp³-hybridized carbons (Fsp3) is 0.385. The monoisotopic (exact) mass is 490 g/mol. The van der Waals surface area contributed by atoms with Crippen LogP contribution >= 0.6 is 11.3 Å². The van der Waals surface area contributed by atoms with Crippen molar-refractivity contribution in [2.75, 3.05) is 40.5 Å². The summed E-state index contributed by atoms with van der Waals surface area (Å²) in [5, 5.41) is 5.59. The minimum atomic E-state index is 0.1000. The summed E-state index contributed by atoms with van der Waals surface area (Å²) in [4.78, 5) is 24.7. The maximum Gasteiger partial charge on any atom is 0.262 e. The number of nitrogens with one attached hydrogen (secondary N) is 1. The highest BCUT2D eigenvalue weighted by Gasteiger charge is 2.22. The van der Waals surface area contributed by atoms with Crippen LogP contribution in [0.1, 0.15) is 16.0 Å². The van der Waals surface area contributed by atoms with Crippen LogP contribution < -0.4 is 15.6 Å². The number of likely N-dealkylation sites (N-methyl/N-ethyl adjacent to an activating group) is 1. The third-order valence-electron chi connectivity index (χ3n) is 7.21. The molecule has 2 aliphatic heterocycles. The number of ether oxygens (including phenoxy) is 1. The average Bonchev–Trinajstić information content (AvgIpc) is 3.41. The van der Waals surface area contributed by atoms with Gasteiger partial charge in [-0.05, 0) is 43.3 Å². The van der Waals surface area contributed by atoms with Crippen LogP contribution in [0.5, 0.6) is 5.75 Å². The summed E-state index contributed by atoms with van der Waals surface area (Å²) in [5.41, 5.74) is 4.81. The molecule has 0 fully saturated rings. The highest BCUT2D eigenvalue weighted by Crippen LogP contribution is 2.32. The fourth-order valence-electron chi connectivity index (χ4n) is 5.20. The fourth-order valence-corrected chi connectivity index (χ4v) is 6.46. The van der Waals surface area contributed by atoms with Crippen LogP contribution in [0.15, 0.2) is 41.6 Å². The van der Waals surface area contributed by atoms with E-state index in [2.05, 4.69) is 63.2 Å². The molecule has 9 heteroatoms. The number of thiophene rings is 1. The first kappa shape index (κ1) is 22.3. The minimum Gasteiger partial charge on any atom is -0.497 e. The van der Waals surface area contributed by atoms with E-state index < -0.39 is 0 Å². The van der Waals surface area contributed by atoms with Gasteiger partial charge in [0.2, 0.25) is 0 Å². The van der Waals surface area contributed by atoms with Crippen LogP contribution in [0, 0.1) is 0 Å². The van der Waals surface area contributed by atoms with Gasteiger partial charge < -0.3 is 19.5 Å². The van der Waals surface area contributed by atoms with E-state index in [0.717, 1.165) is 60.9 Å². The zero-order chi connectivity index (χ0) is 24.1. The summed E-state index contributed by atoms with van der Waals surface area (Å²) >= 11 is 1.67. The van der Waals surface area contributed by atoms with Crippen LogP contribution in [0.25, 0.3) is 26.8 Å². The topological polar surface area (TPSA) is 67.6 Å². The van der Waals surface area contributed by atoms with Crippen molar-refractivity contribution >= 4 is 38.2 Å². The van der Waals surface area contributed by atoms with Crippen LogP contribution in [0.3, 0.4) is 0 Å². The molecule has 0 spiro atoms. The lowest BCUT2D eigenvalue weighted by atomic mass is 10.1. The Morgan fingerprint density at radius 2 is 2.11 bits per heavy atom. The zero-order valence-corrected chi connectivity index (χ0v) is 21.2. The zero-order valence-electron chi connectivity index (χ0n) is 20.4. The molecule has 6 rings (SSSR count). The van der Waals surface area contributed by atoms with E-state index in [4.69, 9.17) is 4.74 Å². The second-order valence-electron chi connectivity index (χ2n) is 9.48. The molecule has 0 saturated carbocycles. The SMILES string of the molecule is COc1ccc2c(c1)c(C1=CCN(CCn3cnc4sc5c(c4c3=O)CCN(C)C5)CN1)cn2C. The van der Waals surface area contributed by atoms with Gasteiger partial charge in [0.1, 0.15) is 10.6 Å². The van der Waals surface area contributed by atoms with E-state index in [1.165, 1.54) is 26.9 Å². The van der Waals surface area contributed by atoms with Crippen molar-refractivity contribution in [1.29, 1.82) is 0 Å². The van der Waals surface area contributed by atoms with Gasteiger partial charge in [-0.1, -0.05) is 0 Å². The molecular weight excluding hydrogens is 460 g/mol. The maximum atomic E-state index is 13.3.